The first-order valence-electron chi connectivity index (χ1n) is 6.80. The number of carbonyl (C=O) groups is 1. The summed E-state index contributed by atoms with van der Waals surface area (Å²) in [6.45, 7) is 1.25. The average Bonchev–Trinajstić information content (AvgIpc) is 3.09. The molecule has 108 valence electrons. The fourth-order valence-corrected chi connectivity index (χ4v) is 2.39. The normalized spacial score (nSPS) is 15.1. The number of carbonyl (C=O) groups excluding carboxylic acids is 1. The molecule has 2 aromatic carbocycles. The molecule has 21 heavy (non-hydrogen) atoms. The van der Waals surface area contributed by atoms with Gasteiger partial charge in [-0.2, -0.15) is 0 Å². The molecule has 1 saturated heterocycles. The number of esters is 1. The first kappa shape index (κ1) is 13.8. The quantitative estimate of drug-likeness (QED) is 0.812. The fraction of sp³-hybridized carbons (Fsp3) is 0.235. The zero-order valence-electron chi connectivity index (χ0n) is 11.7. The van der Waals surface area contributed by atoms with E-state index in [2.05, 4.69) is 0 Å². The van der Waals surface area contributed by atoms with Crippen molar-refractivity contribution in [2.24, 2.45) is 0 Å². The topological polar surface area (TPSA) is 44.8 Å². The number of rotatable bonds is 3. The second-order valence-corrected chi connectivity index (χ2v) is 4.73. The molecule has 3 rings (SSSR count). The van der Waals surface area contributed by atoms with Crippen molar-refractivity contribution in [3.8, 4) is 11.1 Å². The first-order valence-corrected chi connectivity index (χ1v) is 6.80. The molecule has 0 bridgehead atoms. The van der Waals surface area contributed by atoms with E-state index < -0.39 is 0 Å². The van der Waals surface area contributed by atoms with Crippen molar-refractivity contribution < 1.29 is 19.0 Å². The van der Waals surface area contributed by atoms with Gasteiger partial charge >= 0.3 is 5.97 Å². The van der Waals surface area contributed by atoms with Crippen LogP contribution in [0, 0.1) is 0 Å². The molecule has 2 aromatic rings. The summed E-state index contributed by atoms with van der Waals surface area (Å²) in [5, 5.41) is 0. The molecule has 4 heteroatoms. The third-order valence-electron chi connectivity index (χ3n) is 3.45. The molecule has 1 aliphatic heterocycles. The van der Waals surface area contributed by atoms with E-state index in [1.165, 1.54) is 7.11 Å². The van der Waals surface area contributed by atoms with Gasteiger partial charge < -0.3 is 14.2 Å². The van der Waals surface area contributed by atoms with Crippen LogP contribution in [0.2, 0.25) is 0 Å². The van der Waals surface area contributed by atoms with Gasteiger partial charge in [0, 0.05) is 5.56 Å². The highest BCUT2D eigenvalue weighted by molar-refractivity contribution is 5.97. The summed E-state index contributed by atoms with van der Waals surface area (Å²) < 4.78 is 15.8. The predicted octanol–water partition coefficient (Wildman–Crippen LogP) is 3.19. The van der Waals surface area contributed by atoms with Crippen molar-refractivity contribution in [3.63, 3.8) is 0 Å². The van der Waals surface area contributed by atoms with E-state index in [4.69, 9.17) is 14.2 Å². The standard InChI is InChI=1S/C17H16O4/c1-19-16(18)15-5-3-2-4-14(15)12-6-8-13(9-7-12)17-20-10-11-21-17/h2-9,17H,10-11H2,1H3. The molecule has 1 fully saturated rings. The molecular formula is C17H16O4. The van der Waals surface area contributed by atoms with Gasteiger partial charge in [-0.05, 0) is 17.2 Å². The summed E-state index contributed by atoms with van der Waals surface area (Å²) in [5.74, 6) is -0.336. The third kappa shape index (κ3) is 2.82. The van der Waals surface area contributed by atoms with Crippen LogP contribution < -0.4 is 0 Å². The Morgan fingerprint density at radius 1 is 1.05 bits per heavy atom. The van der Waals surface area contributed by atoms with Gasteiger partial charge in [-0.1, -0.05) is 42.5 Å². The Labute approximate surface area is 123 Å². The Balaban J connectivity index is 1.92. The van der Waals surface area contributed by atoms with Crippen LogP contribution in [0.1, 0.15) is 22.2 Å². The summed E-state index contributed by atoms with van der Waals surface area (Å²) in [7, 11) is 1.39. The first-order chi connectivity index (χ1) is 10.3. The van der Waals surface area contributed by atoms with Crippen LogP contribution >= 0.6 is 0 Å². The number of methoxy groups -OCH3 is 1. The summed E-state index contributed by atoms with van der Waals surface area (Å²) in [6, 6.07) is 15.2. The van der Waals surface area contributed by atoms with Crippen LogP contribution in [0.15, 0.2) is 48.5 Å². The van der Waals surface area contributed by atoms with Crippen LogP contribution in [0.5, 0.6) is 0 Å². The Bertz CT molecular complexity index is 627. The van der Waals surface area contributed by atoms with Crippen LogP contribution in [-0.2, 0) is 14.2 Å². The molecule has 4 nitrogen and oxygen atoms in total. The molecule has 0 saturated carbocycles. The lowest BCUT2D eigenvalue weighted by Crippen LogP contribution is -2.03. The summed E-state index contributed by atoms with van der Waals surface area (Å²) in [5.41, 5.74) is 3.34. The molecule has 1 heterocycles. The summed E-state index contributed by atoms with van der Waals surface area (Å²) in [4.78, 5) is 11.8. The van der Waals surface area contributed by atoms with Gasteiger partial charge in [0.15, 0.2) is 6.29 Å². The molecular weight excluding hydrogens is 268 g/mol. The van der Waals surface area contributed by atoms with Crippen molar-refractivity contribution in [2.45, 2.75) is 6.29 Å². The van der Waals surface area contributed by atoms with Gasteiger partial charge in [0.25, 0.3) is 0 Å². The minimum atomic E-state index is -0.336. The van der Waals surface area contributed by atoms with Gasteiger partial charge in [0.2, 0.25) is 0 Å². The number of hydrogen-bond donors (Lipinski definition) is 0. The third-order valence-corrected chi connectivity index (χ3v) is 3.45. The highest BCUT2D eigenvalue weighted by Gasteiger charge is 2.18. The highest BCUT2D eigenvalue weighted by atomic mass is 16.7. The highest BCUT2D eigenvalue weighted by Crippen LogP contribution is 2.28. The summed E-state index contributed by atoms with van der Waals surface area (Å²) in [6.07, 6.45) is -0.282. The lowest BCUT2D eigenvalue weighted by molar-refractivity contribution is -0.0441. The van der Waals surface area contributed by atoms with Crippen LogP contribution in [-0.4, -0.2) is 26.3 Å². The number of hydrogen-bond acceptors (Lipinski definition) is 4. The van der Waals surface area contributed by atoms with E-state index in [-0.39, 0.29) is 12.3 Å². The second-order valence-electron chi connectivity index (χ2n) is 4.73. The van der Waals surface area contributed by atoms with Crippen LogP contribution in [0.4, 0.5) is 0 Å². The van der Waals surface area contributed by atoms with E-state index in [9.17, 15) is 4.79 Å². The Morgan fingerprint density at radius 3 is 2.38 bits per heavy atom. The zero-order valence-corrected chi connectivity index (χ0v) is 11.7. The lowest BCUT2D eigenvalue weighted by Gasteiger charge is -2.11. The molecule has 0 spiro atoms. The van der Waals surface area contributed by atoms with Crippen LogP contribution in [0.25, 0.3) is 11.1 Å². The van der Waals surface area contributed by atoms with Crippen molar-refractivity contribution in [1.82, 2.24) is 0 Å². The van der Waals surface area contributed by atoms with Crippen molar-refractivity contribution in [1.29, 1.82) is 0 Å². The van der Waals surface area contributed by atoms with Crippen molar-refractivity contribution >= 4 is 5.97 Å². The van der Waals surface area contributed by atoms with Gasteiger partial charge in [-0.3, -0.25) is 0 Å². The van der Waals surface area contributed by atoms with E-state index in [0.717, 1.165) is 16.7 Å². The molecule has 0 aromatic heterocycles. The zero-order chi connectivity index (χ0) is 14.7. The van der Waals surface area contributed by atoms with E-state index >= 15 is 0 Å². The molecule has 0 atom stereocenters. The molecule has 0 unspecified atom stereocenters. The average molecular weight is 284 g/mol. The number of ether oxygens (including phenoxy) is 3. The molecule has 1 aliphatic rings. The minimum absolute atomic E-state index is 0.282. The Kier molecular flexibility index (Phi) is 3.99. The SMILES string of the molecule is COC(=O)c1ccccc1-c1ccc(C2OCCO2)cc1. The molecule has 0 N–H and O–H groups in total. The summed E-state index contributed by atoms with van der Waals surface area (Å²) >= 11 is 0. The molecule has 0 aliphatic carbocycles. The van der Waals surface area contributed by atoms with Gasteiger partial charge in [0.05, 0.1) is 25.9 Å². The van der Waals surface area contributed by atoms with Gasteiger partial charge in [-0.15, -0.1) is 0 Å². The predicted molar refractivity (Wildman–Crippen MR) is 77.9 cm³/mol. The fourth-order valence-electron chi connectivity index (χ4n) is 2.39. The smallest absolute Gasteiger partial charge is 0.338 e. The van der Waals surface area contributed by atoms with Gasteiger partial charge in [-0.25, -0.2) is 4.79 Å². The maximum absolute atomic E-state index is 11.8. The van der Waals surface area contributed by atoms with Crippen molar-refractivity contribution in [2.75, 3.05) is 20.3 Å². The Hall–Kier alpha value is -2.17. The largest absolute Gasteiger partial charge is 0.465 e. The lowest BCUT2D eigenvalue weighted by atomic mass is 9.98. The van der Waals surface area contributed by atoms with Crippen molar-refractivity contribution in [3.05, 3.63) is 59.7 Å². The van der Waals surface area contributed by atoms with E-state index in [0.29, 0.717) is 18.8 Å². The monoisotopic (exact) mass is 284 g/mol. The van der Waals surface area contributed by atoms with E-state index in [1.54, 1.807) is 6.07 Å². The van der Waals surface area contributed by atoms with E-state index in [1.807, 2.05) is 42.5 Å². The molecule has 0 amide bonds. The minimum Gasteiger partial charge on any atom is -0.465 e. The molecule has 0 radical (unpaired) electrons. The van der Waals surface area contributed by atoms with Gasteiger partial charge in [0.1, 0.15) is 0 Å². The maximum atomic E-state index is 11.8. The number of benzene rings is 2. The Morgan fingerprint density at radius 2 is 1.71 bits per heavy atom. The second kappa shape index (κ2) is 6.08. The van der Waals surface area contributed by atoms with Crippen LogP contribution in [0.3, 0.4) is 0 Å². The maximum Gasteiger partial charge on any atom is 0.338 e.